The van der Waals surface area contributed by atoms with Crippen molar-refractivity contribution in [3.8, 4) is 0 Å². The molecule has 1 aliphatic heterocycles. The maximum absolute atomic E-state index is 12.2. The molecule has 2 rings (SSSR count). The Kier molecular flexibility index (Phi) is 2.97. The van der Waals surface area contributed by atoms with Gasteiger partial charge in [-0.1, -0.05) is 13.0 Å². The molecule has 0 atom stereocenters. The molecule has 0 spiro atoms. The molecule has 1 aromatic heterocycles. The standard InChI is InChI=1S/C11H10O5S/c1-2-11(10(14)7-4-3-5-17-7)15-8(12)6-9(13)16-11/h3-5H,2,6H2,1H3. The van der Waals surface area contributed by atoms with Crippen LogP contribution in [0.1, 0.15) is 29.4 Å². The van der Waals surface area contributed by atoms with Crippen LogP contribution in [0.25, 0.3) is 0 Å². The van der Waals surface area contributed by atoms with Gasteiger partial charge < -0.3 is 9.47 Å². The number of cyclic esters (lactones) is 2. The average molecular weight is 254 g/mol. The van der Waals surface area contributed by atoms with E-state index in [0.29, 0.717) is 4.88 Å². The summed E-state index contributed by atoms with van der Waals surface area (Å²) in [7, 11) is 0. The SMILES string of the molecule is CCC1(C(=O)c2cccs2)OC(=O)CC(=O)O1. The molecule has 1 aliphatic rings. The second kappa shape index (κ2) is 4.29. The van der Waals surface area contributed by atoms with E-state index in [-0.39, 0.29) is 6.42 Å². The summed E-state index contributed by atoms with van der Waals surface area (Å²) in [6, 6.07) is 3.30. The van der Waals surface area contributed by atoms with Gasteiger partial charge in [-0.25, -0.2) is 0 Å². The van der Waals surface area contributed by atoms with Crippen molar-refractivity contribution in [1.82, 2.24) is 0 Å². The molecule has 6 heteroatoms. The third kappa shape index (κ3) is 2.08. The summed E-state index contributed by atoms with van der Waals surface area (Å²) in [6.07, 6.45) is -0.347. The van der Waals surface area contributed by atoms with E-state index in [2.05, 4.69) is 0 Å². The number of carbonyl (C=O) groups excluding carboxylic acids is 3. The molecule has 0 amide bonds. The quantitative estimate of drug-likeness (QED) is 0.464. The maximum Gasteiger partial charge on any atom is 0.321 e. The summed E-state index contributed by atoms with van der Waals surface area (Å²) in [5, 5.41) is 1.73. The number of ether oxygens (including phenoxy) is 2. The zero-order valence-corrected chi connectivity index (χ0v) is 9.91. The van der Waals surface area contributed by atoms with E-state index >= 15 is 0 Å². The number of thiophene rings is 1. The molecule has 0 bridgehead atoms. The Morgan fingerprint density at radius 3 is 2.53 bits per heavy atom. The zero-order chi connectivity index (χ0) is 12.5. The molecular weight excluding hydrogens is 244 g/mol. The van der Waals surface area contributed by atoms with Gasteiger partial charge in [0, 0.05) is 6.42 Å². The van der Waals surface area contributed by atoms with Crippen LogP contribution in [-0.4, -0.2) is 23.5 Å². The second-order valence-electron chi connectivity index (χ2n) is 3.54. The number of hydrogen-bond acceptors (Lipinski definition) is 6. The molecule has 0 saturated carbocycles. The van der Waals surface area contributed by atoms with Crippen LogP contribution in [0.4, 0.5) is 0 Å². The highest BCUT2D eigenvalue weighted by Gasteiger charge is 2.49. The number of carbonyl (C=O) groups is 3. The van der Waals surface area contributed by atoms with Gasteiger partial charge in [0.15, 0.2) is 0 Å². The highest BCUT2D eigenvalue weighted by atomic mass is 32.1. The van der Waals surface area contributed by atoms with Gasteiger partial charge in [0.2, 0.25) is 0 Å². The predicted molar refractivity (Wildman–Crippen MR) is 58.5 cm³/mol. The van der Waals surface area contributed by atoms with Crippen LogP contribution in [0, 0.1) is 0 Å². The number of hydrogen-bond donors (Lipinski definition) is 0. The Morgan fingerprint density at radius 2 is 2.06 bits per heavy atom. The number of ketones is 1. The summed E-state index contributed by atoms with van der Waals surface area (Å²) in [6.45, 7) is 1.62. The van der Waals surface area contributed by atoms with Crippen LogP contribution in [0.15, 0.2) is 17.5 Å². The molecule has 2 heterocycles. The molecular formula is C11H10O5S. The molecule has 90 valence electrons. The van der Waals surface area contributed by atoms with Crippen molar-refractivity contribution in [2.24, 2.45) is 0 Å². The first-order valence-corrected chi connectivity index (χ1v) is 5.97. The van der Waals surface area contributed by atoms with Crippen molar-refractivity contribution in [3.63, 3.8) is 0 Å². The van der Waals surface area contributed by atoms with Gasteiger partial charge in [0.05, 0.1) is 4.88 Å². The summed E-state index contributed by atoms with van der Waals surface area (Å²) in [5.41, 5.74) is 0. The largest absolute Gasteiger partial charge is 0.414 e. The first-order chi connectivity index (χ1) is 8.07. The van der Waals surface area contributed by atoms with E-state index in [1.165, 1.54) is 11.3 Å². The van der Waals surface area contributed by atoms with Gasteiger partial charge in [-0.15, -0.1) is 11.3 Å². The minimum Gasteiger partial charge on any atom is -0.414 e. The van der Waals surface area contributed by atoms with Crippen LogP contribution >= 0.6 is 11.3 Å². The fraction of sp³-hybridized carbons (Fsp3) is 0.364. The first-order valence-electron chi connectivity index (χ1n) is 5.09. The van der Waals surface area contributed by atoms with Gasteiger partial charge in [-0.2, -0.15) is 0 Å². The average Bonchev–Trinajstić information content (AvgIpc) is 2.79. The van der Waals surface area contributed by atoms with Crippen molar-refractivity contribution in [1.29, 1.82) is 0 Å². The maximum atomic E-state index is 12.2. The van der Waals surface area contributed by atoms with Gasteiger partial charge in [0.25, 0.3) is 5.78 Å². The van der Waals surface area contributed by atoms with Crippen LogP contribution in [0.2, 0.25) is 0 Å². The van der Waals surface area contributed by atoms with E-state index in [1.54, 1.807) is 24.4 Å². The zero-order valence-electron chi connectivity index (χ0n) is 9.10. The van der Waals surface area contributed by atoms with Crippen molar-refractivity contribution >= 4 is 29.1 Å². The fourth-order valence-corrected chi connectivity index (χ4v) is 2.30. The fourth-order valence-electron chi connectivity index (χ4n) is 1.57. The van der Waals surface area contributed by atoms with E-state index in [4.69, 9.17) is 9.47 Å². The van der Waals surface area contributed by atoms with Crippen LogP contribution in [-0.2, 0) is 19.1 Å². The number of Topliss-reactive ketones (excluding diaryl/α,β-unsaturated/α-hetero) is 1. The smallest absolute Gasteiger partial charge is 0.321 e. The summed E-state index contributed by atoms with van der Waals surface area (Å²) >= 11 is 1.21. The third-order valence-corrected chi connectivity index (χ3v) is 3.27. The molecule has 17 heavy (non-hydrogen) atoms. The number of rotatable bonds is 3. The minimum absolute atomic E-state index is 0.0984. The molecule has 1 saturated heterocycles. The van der Waals surface area contributed by atoms with Crippen molar-refractivity contribution in [2.45, 2.75) is 25.6 Å². The molecule has 1 fully saturated rings. The Labute approximate surface area is 101 Å². The van der Waals surface area contributed by atoms with Gasteiger partial charge in [0.1, 0.15) is 6.42 Å². The first kappa shape index (κ1) is 11.8. The van der Waals surface area contributed by atoms with Crippen LogP contribution in [0.3, 0.4) is 0 Å². The molecule has 1 aromatic rings. The predicted octanol–water partition coefficient (Wildman–Crippen LogP) is 1.53. The van der Waals surface area contributed by atoms with Crippen LogP contribution < -0.4 is 0 Å². The highest BCUT2D eigenvalue weighted by Crippen LogP contribution is 2.29. The lowest BCUT2D eigenvalue weighted by Crippen LogP contribution is -2.50. The van der Waals surface area contributed by atoms with Gasteiger partial charge in [-0.3, -0.25) is 14.4 Å². The molecule has 0 N–H and O–H groups in total. The summed E-state index contributed by atoms with van der Waals surface area (Å²) in [4.78, 5) is 35.1. The van der Waals surface area contributed by atoms with Gasteiger partial charge >= 0.3 is 17.7 Å². The molecule has 0 unspecified atom stereocenters. The minimum atomic E-state index is -1.78. The van der Waals surface area contributed by atoms with E-state index in [9.17, 15) is 14.4 Å². The van der Waals surface area contributed by atoms with Crippen LogP contribution in [0.5, 0.6) is 0 Å². The molecule has 0 radical (unpaired) electrons. The number of esters is 2. The second-order valence-corrected chi connectivity index (χ2v) is 4.49. The molecule has 0 aliphatic carbocycles. The van der Waals surface area contributed by atoms with Crippen molar-refractivity contribution in [3.05, 3.63) is 22.4 Å². The molecule has 5 nitrogen and oxygen atoms in total. The lowest BCUT2D eigenvalue weighted by molar-refractivity contribution is -0.226. The Hall–Kier alpha value is -1.69. The van der Waals surface area contributed by atoms with Gasteiger partial charge in [-0.05, 0) is 11.4 Å². The summed E-state index contributed by atoms with van der Waals surface area (Å²) in [5.74, 6) is -3.73. The van der Waals surface area contributed by atoms with E-state index < -0.39 is 29.9 Å². The highest BCUT2D eigenvalue weighted by molar-refractivity contribution is 7.12. The topological polar surface area (TPSA) is 69.7 Å². The Balaban J connectivity index is 2.34. The molecule has 0 aromatic carbocycles. The normalized spacial score (nSPS) is 18.4. The van der Waals surface area contributed by atoms with Crippen molar-refractivity contribution in [2.75, 3.05) is 0 Å². The lowest BCUT2D eigenvalue weighted by Gasteiger charge is -2.32. The lowest BCUT2D eigenvalue weighted by atomic mass is 10.1. The van der Waals surface area contributed by atoms with E-state index in [1.807, 2.05) is 0 Å². The monoisotopic (exact) mass is 254 g/mol. The van der Waals surface area contributed by atoms with E-state index in [0.717, 1.165) is 0 Å². The third-order valence-electron chi connectivity index (χ3n) is 2.40. The Morgan fingerprint density at radius 1 is 1.41 bits per heavy atom. The van der Waals surface area contributed by atoms with Crippen molar-refractivity contribution < 1.29 is 23.9 Å². The Bertz CT molecular complexity index is 446. The summed E-state index contributed by atoms with van der Waals surface area (Å²) < 4.78 is 9.91.